The number of nitrogens with two attached hydrogens (primary N) is 2. The Morgan fingerprint density at radius 1 is 0.907 bits per heavy atom. The summed E-state index contributed by atoms with van der Waals surface area (Å²) in [6, 6.07) is 10.5. The number of aromatic nitrogens is 6. The highest BCUT2D eigenvalue weighted by Crippen LogP contribution is 2.30. The van der Waals surface area contributed by atoms with Crippen molar-refractivity contribution in [3.63, 3.8) is 0 Å². The van der Waals surface area contributed by atoms with Crippen LogP contribution in [0, 0.1) is 6.92 Å². The molecule has 0 bridgehead atoms. The summed E-state index contributed by atoms with van der Waals surface area (Å²) in [5.74, 6) is -4.96. The van der Waals surface area contributed by atoms with Crippen molar-refractivity contribution >= 4 is 51.7 Å². The number of benzene rings is 2. The molecule has 43 heavy (non-hydrogen) atoms. The van der Waals surface area contributed by atoms with E-state index in [1.165, 1.54) is 39.6 Å². The summed E-state index contributed by atoms with van der Waals surface area (Å²) in [6.07, 6.45) is -0.598. The van der Waals surface area contributed by atoms with Gasteiger partial charge in [-0.25, -0.2) is 18.7 Å². The summed E-state index contributed by atoms with van der Waals surface area (Å²) in [6.45, 7) is 3.04. The number of alkyl halides is 2. The molecule has 0 saturated carbocycles. The lowest BCUT2D eigenvalue weighted by molar-refractivity contribution is -0.0264. The Labute approximate surface area is 243 Å². The first kappa shape index (κ1) is 29.2. The Bertz CT molecular complexity index is 1890. The molecule has 2 aromatic carbocycles. The molecule has 0 aliphatic heterocycles. The highest BCUT2D eigenvalue weighted by atomic mass is 19.3. The van der Waals surface area contributed by atoms with Crippen molar-refractivity contribution in [2.45, 2.75) is 45.8 Å². The Morgan fingerprint density at radius 2 is 1.49 bits per heavy atom. The Hall–Kier alpha value is -5.34. The zero-order valence-corrected chi connectivity index (χ0v) is 23.7. The minimum absolute atomic E-state index is 0.120. The van der Waals surface area contributed by atoms with Crippen molar-refractivity contribution in [1.82, 2.24) is 28.9 Å². The van der Waals surface area contributed by atoms with Gasteiger partial charge in [0.25, 0.3) is 11.8 Å². The van der Waals surface area contributed by atoms with Crippen molar-refractivity contribution in [2.24, 2.45) is 11.5 Å². The number of nitrogens with one attached hydrogen (secondary N) is 2. The molecule has 6 N–H and O–H groups in total. The first-order valence-electron chi connectivity index (χ1n) is 13.4. The summed E-state index contributed by atoms with van der Waals surface area (Å²) in [7, 11) is 1.61. The van der Waals surface area contributed by atoms with Gasteiger partial charge in [0.05, 0.1) is 34.3 Å². The lowest BCUT2D eigenvalue weighted by Crippen LogP contribution is -2.28. The second-order valence-electron chi connectivity index (χ2n) is 10.0. The maximum atomic E-state index is 15.7. The number of fused-ring (bicyclic) bond motifs is 2. The van der Waals surface area contributed by atoms with Gasteiger partial charge in [-0.15, -0.1) is 0 Å². The molecule has 0 saturated heterocycles. The fourth-order valence-corrected chi connectivity index (χ4v) is 4.96. The number of anilines is 2. The molecule has 0 radical (unpaired) electrons. The highest BCUT2D eigenvalue weighted by Gasteiger charge is 2.33. The third-order valence-electron chi connectivity index (χ3n) is 7.04. The van der Waals surface area contributed by atoms with Gasteiger partial charge in [0.15, 0.2) is 0 Å². The van der Waals surface area contributed by atoms with Crippen LogP contribution in [0.25, 0.3) is 22.1 Å². The number of rotatable bonds is 11. The number of carbonyl (C=O) groups excluding carboxylic acids is 3. The van der Waals surface area contributed by atoms with Crippen LogP contribution in [0.2, 0.25) is 0 Å². The van der Waals surface area contributed by atoms with Crippen molar-refractivity contribution in [3.05, 3.63) is 65.0 Å². The highest BCUT2D eigenvalue weighted by molar-refractivity contribution is 6.03. The minimum atomic E-state index is -3.29. The van der Waals surface area contributed by atoms with E-state index >= 15 is 8.78 Å². The zero-order valence-electron chi connectivity index (χ0n) is 23.7. The molecular formula is C28H30F2N10O3. The summed E-state index contributed by atoms with van der Waals surface area (Å²) >= 11 is 0. The van der Waals surface area contributed by atoms with Gasteiger partial charge in [0, 0.05) is 37.7 Å². The fourth-order valence-electron chi connectivity index (χ4n) is 4.96. The van der Waals surface area contributed by atoms with Crippen LogP contribution in [0.1, 0.15) is 50.2 Å². The summed E-state index contributed by atoms with van der Waals surface area (Å²) in [5.41, 5.74) is 13.5. The average molecular weight is 593 g/mol. The number of imidazole rings is 2. The quantitative estimate of drug-likeness (QED) is 0.182. The Kier molecular flexibility index (Phi) is 7.56. The van der Waals surface area contributed by atoms with Crippen molar-refractivity contribution in [2.75, 3.05) is 17.7 Å². The van der Waals surface area contributed by atoms with E-state index in [1.54, 1.807) is 30.7 Å². The first-order chi connectivity index (χ1) is 20.4. The SMILES string of the molecule is CCn1nc(C)cc1C(=O)Nc1nc2cc(C(N)=O)ccc2n1CC(F)(F)CCn1c(NC)nc2cc(C(N)=O)ccc21. The van der Waals surface area contributed by atoms with E-state index in [2.05, 4.69) is 25.7 Å². The standard InChI is InChI=1S/C28H30F2N10O3/c1-4-40-22(11-15(2)37-40)25(43)36-27-35-19-13-17(24(32)42)6-8-21(19)39(27)14-28(29,30)9-10-38-20-7-5-16(23(31)41)12-18(20)34-26(38)33-3/h5-8,11-13H,4,9-10,14H2,1-3H3,(H2,31,41)(H2,32,42)(H,33,34)(H,35,36,43). The Morgan fingerprint density at radius 3 is 2.05 bits per heavy atom. The molecule has 0 atom stereocenters. The molecule has 0 fully saturated rings. The third kappa shape index (κ3) is 5.73. The third-order valence-corrected chi connectivity index (χ3v) is 7.04. The summed E-state index contributed by atoms with van der Waals surface area (Å²) in [4.78, 5) is 45.3. The van der Waals surface area contributed by atoms with Gasteiger partial charge in [-0.05, 0) is 56.3 Å². The number of halogens is 2. The predicted octanol–water partition coefficient (Wildman–Crippen LogP) is 3.13. The van der Waals surface area contributed by atoms with Crippen LogP contribution in [0.4, 0.5) is 20.7 Å². The van der Waals surface area contributed by atoms with Gasteiger partial charge >= 0.3 is 0 Å². The minimum Gasteiger partial charge on any atom is -0.366 e. The van der Waals surface area contributed by atoms with E-state index in [0.29, 0.717) is 29.2 Å². The number of amides is 3. The zero-order chi connectivity index (χ0) is 31.1. The maximum Gasteiger partial charge on any atom is 0.276 e. The van der Waals surface area contributed by atoms with E-state index in [9.17, 15) is 14.4 Å². The largest absolute Gasteiger partial charge is 0.366 e. The lowest BCUT2D eigenvalue weighted by Gasteiger charge is -2.20. The first-order valence-corrected chi connectivity index (χ1v) is 13.4. The van der Waals surface area contributed by atoms with E-state index in [-0.39, 0.29) is 40.3 Å². The van der Waals surface area contributed by atoms with Crippen molar-refractivity contribution < 1.29 is 23.2 Å². The normalized spacial score (nSPS) is 11.7. The summed E-state index contributed by atoms with van der Waals surface area (Å²) < 4.78 is 35.7. The molecule has 15 heteroatoms. The van der Waals surface area contributed by atoms with Crippen LogP contribution in [0.5, 0.6) is 0 Å². The molecule has 0 unspecified atom stereocenters. The monoisotopic (exact) mass is 592 g/mol. The van der Waals surface area contributed by atoms with Gasteiger partial charge in [0.1, 0.15) is 5.69 Å². The van der Waals surface area contributed by atoms with Crippen LogP contribution in [-0.4, -0.2) is 59.6 Å². The van der Waals surface area contributed by atoms with Gasteiger partial charge < -0.3 is 25.9 Å². The van der Waals surface area contributed by atoms with Crippen LogP contribution in [0.3, 0.4) is 0 Å². The van der Waals surface area contributed by atoms with Crippen molar-refractivity contribution in [3.8, 4) is 0 Å². The van der Waals surface area contributed by atoms with Gasteiger partial charge in [-0.1, -0.05) is 0 Å². The van der Waals surface area contributed by atoms with Crippen LogP contribution in [-0.2, 0) is 19.6 Å². The Balaban J connectivity index is 1.46. The molecule has 3 amide bonds. The number of nitrogens with zero attached hydrogens (tertiary/aromatic N) is 6. The molecule has 5 aromatic rings. The predicted molar refractivity (Wildman–Crippen MR) is 156 cm³/mol. The maximum absolute atomic E-state index is 15.7. The molecule has 13 nitrogen and oxygen atoms in total. The second kappa shape index (κ2) is 11.2. The second-order valence-corrected chi connectivity index (χ2v) is 10.0. The average Bonchev–Trinajstić information content (AvgIpc) is 3.63. The van der Waals surface area contributed by atoms with Crippen LogP contribution >= 0.6 is 0 Å². The molecule has 224 valence electrons. The molecule has 0 spiro atoms. The number of primary amides is 2. The van der Waals surface area contributed by atoms with Gasteiger partial charge in [-0.3, -0.25) is 24.4 Å². The van der Waals surface area contributed by atoms with E-state index < -0.39 is 36.6 Å². The smallest absolute Gasteiger partial charge is 0.276 e. The van der Waals surface area contributed by atoms with E-state index in [0.717, 1.165) is 0 Å². The molecule has 3 heterocycles. The number of aryl methyl sites for hydroxylation is 3. The molecule has 0 aliphatic carbocycles. The molecule has 3 aromatic heterocycles. The van der Waals surface area contributed by atoms with E-state index in [1.807, 2.05) is 6.92 Å². The van der Waals surface area contributed by atoms with Crippen molar-refractivity contribution in [1.29, 1.82) is 0 Å². The molecular weight excluding hydrogens is 562 g/mol. The lowest BCUT2D eigenvalue weighted by atomic mass is 10.1. The van der Waals surface area contributed by atoms with Gasteiger partial charge in [-0.2, -0.15) is 5.10 Å². The fraction of sp³-hybridized carbons (Fsp3) is 0.286. The van der Waals surface area contributed by atoms with E-state index in [4.69, 9.17) is 11.5 Å². The number of carbonyl (C=O) groups is 3. The summed E-state index contributed by atoms with van der Waals surface area (Å²) in [5, 5.41) is 9.80. The topological polar surface area (TPSA) is 181 Å². The van der Waals surface area contributed by atoms with Crippen LogP contribution < -0.4 is 22.1 Å². The van der Waals surface area contributed by atoms with Gasteiger partial charge in [0.2, 0.25) is 23.7 Å². The number of hydrogen-bond donors (Lipinski definition) is 4. The number of hydrogen-bond acceptors (Lipinski definition) is 7. The molecule has 0 aliphatic rings. The van der Waals surface area contributed by atoms with Crippen LogP contribution in [0.15, 0.2) is 42.5 Å². The molecule has 5 rings (SSSR count).